The van der Waals surface area contributed by atoms with Gasteiger partial charge < -0.3 is 28.4 Å². The monoisotopic (exact) mass is 668 g/mol. The Hall–Kier alpha value is -6.23. The molecule has 3 aromatic rings. The average molecular weight is 669 g/mol. The molecule has 11 nitrogen and oxygen atoms in total. The summed E-state index contributed by atoms with van der Waals surface area (Å²) in [6, 6.07) is 18.6. The van der Waals surface area contributed by atoms with Gasteiger partial charge in [-0.3, -0.25) is 0 Å². The van der Waals surface area contributed by atoms with Crippen molar-refractivity contribution in [3.63, 3.8) is 0 Å². The lowest BCUT2D eigenvalue weighted by Crippen LogP contribution is -2.26. The van der Waals surface area contributed by atoms with Gasteiger partial charge in [-0.1, -0.05) is 31.9 Å². The van der Waals surface area contributed by atoms with E-state index in [1.165, 1.54) is 75.4 Å². The van der Waals surface area contributed by atoms with E-state index in [1.54, 1.807) is 30.3 Å². The van der Waals surface area contributed by atoms with Crippen LogP contribution in [0.25, 0.3) is 6.08 Å². The van der Waals surface area contributed by atoms with Gasteiger partial charge in [0.1, 0.15) is 36.2 Å². The molecule has 11 heteroatoms. The van der Waals surface area contributed by atoms with E-state index in [2.05, 4.69) is 19.7 Å². The van der Waals surface area contributed by atoms with Gasteiger partial charge in [-0.05, 0) is 93.1 Å². The Morgan fingerprint density at radius 3 is 1.53 bits per heavy atom. The number of hydrogen-bond donors (Lipinski definition) is 0. The van der Waals surface area contributed by atoms with E-state index in [1.807, 2.05) is 0 Å². The van der Waals surface area contributed by atoms with E-state index >= 15 is 0 Å². The average Bonchev–Trinajstić information content (AvgIpc) is 3.08. The van der Waals surface area contributed by atoms with Crippen molar-refractivity contribution in [1.82, 2.24) is 0 Å². The van der Waals surface area contributed by atoms with Crippen LogP contribution < -0.4 is 18.9 Å². The van der Waals surface area contributed by atoms with Gasteiger partial charge in [-0.25, -0.2) is 24.0 Å². The van der Waals surface area contributed by atoms with Crippen LogP contribution in [-0.4, -0.2) is 49.7 Å². The topological polar surface area (TPSA) is 141 Å². The molecule has 254 valence electrons. The van der Waals surface area contributed by atoms with Crippen molar-refractivity contribution in [1.29, 1.82) is 0 Å². The predicted molar refractivity (Wildman–Crippen MR) is 180 cm³/mol. The first-order valence-electron chi connectivity index (χ1n) is 14.9. The molecule has 0 heterocycles. The third-order valence-corrected chi connectivity index (χ3v) is 6.28. The molecule has 0 saturated carbocycles. The zero-order chi connectivity index (χ0) is 35.9. The molecule has 0 fully saturated rings. The van der Waals surface area contributed by atoms with Crippen molar-refractivity contribution in [2.75, 3.05) is 19.8 Å². The molecule has 0 aromatic heterocycles. The fraction of sp³-hybridized carbons (Fsp3) is 0.184. The number of benzene rings is 3. The summed E-state index contributed by atoms with van der Waals surface area (Å²) in [6.45, 7) is 15.2. The van der Waals surface area contributed by atoms with Crippen LogP contribution in [0.4, 0.5) is 0 Å². The lowest BCUT2D eigenvalue weighted by atomic mass is 10.2. The quantitative estimate of drug-likeness (QED) is 0.0973. The van der Waals surface area contributed by atoms with Crippen molar-refractivity contribution < 1.29 is 52.4 Å². The summed E-state index contributed by atoms with van der Waals surface area (Å²) in [4.78, 5) is 60.1. The highest BCUT2D eigenvalue weighted by Gasteiger charge is 2.17. The Kier molecular flexibility index (Phi) is 13.8. The van der Waals surface area contributed by atoms with Gasteiger partial charge in [0.05, 0.1) is 18.1 Å². The largest absolute Gasteiger partial charge is 0.493 e. The van der Waals surface area contributed by atoms with Crippen LogP contribution in [0.15, 0.2) is 115 Å². The van der Waals surface area contributed by atoms with Crippen LogP contribution >= 0.6 is 0 Å². The standard InChI is InChI=1S/C38H36O11/c1-24(2)35(40)45-22-28(23-46-36(41)25(3)4)21-44-30-12-7-27(8-13-30)9-20-34(39)47-31-16-18-33(19-17-31)49-38(43)29-10-14-32(15-11-29)48-37(42)26(5)6/h7-20,28H,1,3,5,21-23H2,2,4,6H3/b20-9+. The Labute approximate surface area is 284 Å². The number of hydrogen-bond acceptors (Lipinski definition) is 11. The summed E-state index contributed by atoms with van der Waals surface area (Å²) < 4.78 is 32.0. The van der Waals surface area contributed by atoms with E-state index < -0.39 is 35.8 Å². The van der Waals surface area contributed by atoms with E-state index in [9.17, 15) is 24.0 Å². The van der Waals surface area contributed by atoms with Crippen molar-refractivity contribution >= 4 is 35.9 Å². The number of ether oxygens (including phenoxy) is 6. The van der Waals surface area contributed by atoms with Gasteiger partial charge >= 0.3 is 29.8 Å². The first-order chi connectivity index (χ1) is 23.3. The van der Waals surface area contributed by atoms with Crippen molar-refractivity contribution in [2.45, 2.75) is 20.8 Å². The number of carbonyl (C=O) groups excluding carboxylic acids is 5. The van der Waals surface area contributed by atoms with Gasteiger partial charge in [0.2, 0.25) is 0 Å². The summed E-state index contributed by atoms with van der Waals surface area (Å²) in [5, 5.41) is 0. The maximum Gasteiger partial charge on any atom is 0.343 e. The maximum absolute atomic E-state index is 12.5. The SMILES string of the molecule is C=C(C)C(=O)OCC(COC(=O)C(=C)C)COc1ccc(/C=C/C(=O)Oc2ccc(OC(=O)c3ccc(OC(=O)C(=C)C)cc3)cc2)cc1. The van der Waals surface area contributed by atoms with E-state index in [0.717, 1.165) is 0 Å². The van der Waals surface area contributed by atoms with Crippen LogP contribution in [0.5, 0.6) is 23.0 Å². The minimum Gasteiger partial charge on any atom is -0.493 e. The minimum atomic E-state index is -0.631. The van der Waals surface area contributed by atoms with Crippen LogP contribution in [0.1, 0.15) is 36.7 Å². The Morgan fingerprint density at radius 2 is 1.02 bits per heavy atom. The molecule has 0 saturated heterocycles. The summed E-state index contributed by atoms with van der Waals surface area (Å²) in [7, 11) is 0. The normalized spacial score (nSPS) is 10.5. The van der Waals surface area contributed by atoms with E-state index in [-0.39, 0.29) is 59.4 Å². The van der Waals surface area contributed by atoms with Gasteiger partial charge in [0, 0.05) is 22.8 Å². The van der Waals surface area contributed by atoms with Crippen LogP contribution in [0.3, 0.4) is 0 Å². The fourth-order valence-corrected chi connectivity index (χ4v) is 3.58. The zero-order valence-electron chi connectivity index (χ0n) is 27.4. The Balaban J connectivity index is 1.48. The Morgan fingerprint density at radius 1 is 0.571 bits per heavy atom. The smallest absolute Gasteiger partial charge is 0.343 e. The highest BCUT2D eigenvalue weighted by atomic mass is 16.6. The molecule has 49 heavy (non-hydrogen) atoms. The molecule has 0 amide bonds. The predicted octanol–water partition coefficient (Wildman–Crippen LogP) is 6.24. The molecule has 0 atom stereocenters. The number of carbonyl (C=O) groups is 5. The lowest BCUT2D eigenvalue weighted by Gasteiger charge is -2.18. The highest BCUT2D eigenvalue weighted by molar-refractivity contribution is 5.92. The third kappa shape index (κ3) is 12.8. The second-order valence-electron chi connectivity index (χ2n) is 10.8. The number of rotatable bonds is 16. The van der Waals surface area contributed by atoms with Crippen LogP contribution in [0, 0.1) is 5.92 Å². The first-order valence-corrected chi connectivity index (χ1v) is 14.9. The van der Waals surface area contributed by atoms with Gasteiger partial charge in [0.15, 0.2) is 0 Å². The van der Waals surface area contributed by atoms with E-state index in [0.29, 0.717) is 11.3 Å². The summed E-state index contributed by atoms with van der Waals surface area (Å²) in [5.41, 5.74) is 1.67. The highest BCUT2D eigenvalue weighted by Crippen LogP contribution is 2.21. The Bertz CT molecular complexity index is 1700. The molecule has 3 rings (SSSR count). The molecule has 0 unspecified atom stereocenters. The molecule has 0 N–H and O–H groups in total. The molecule has 0 spiro atoms. The third-order valence-electron chi connectivity index (χ3n) is 6.28. The molecule has 0 bridgehead atoms. The second kappa shape index (κ2) is 18.2. The van der Waals surface area contributed by atoms with Crippen LogP contribution in [0.2, 0.25) is 0 Å². The summed E-state index contributed by atoms with van der Waals surface area (Å²) in [6.07, 6.45) is 2.81. The van der Waals surface area contributed by atoms with Crippen molar-refractivity contribution in [3.8, 4) is 23.0 Å². The molecular formula is C38H36O11. The lowest BCUT2D eigenvalue weighted by molar-refractivity contribution is -0.145. The second-order valence-corrected chi connectivity index (χ2v) is 10.8. The maximum atomic E-state index is 12.5. The van der Waals surface area contributed by atoms with Crippen molar-refractivity contribution in [2.24, 2.45) is 5.92 Å². The van der Waals surface area contributed by atoms with Crippen molar-refractivity contribution in [3.05, 3.63) is 126 Å². The van der Waals surface area contributed by atoms with Gasteiger partial charge in [-0.2, -0.15) is 0 Å². The molecule has 0 aliphatic carbocycles. The molecule has 0 aliphatic rings. The number of esters is 5. The fourth-order valence-electron chi connectivity index (χ4n) is 3.58. The molecule has 3 aromatic carbocycles. The zero-order valence-corrected chi connectivity index (χ0v) is 27.4. The van der Waals surface area contributed by atoms with Gasteiger partial charge in [0.25, 0.3) is 0 Å². The first kappa shape index (κ1) is 37.2. The van der Waals surface area contributed by atoms with Gasteiger partial charge in [-0.15, -0.1) is 0 Å². The van der Waals surface area contributed by atoms with Crippen LogP contribution in [-0.2, 0) is 28.7 Å². The minimum absolute atomic E-state index is 0.0435. The molecule has 0 radical (unpaired) electrons. The van der Waals surface area contributed by atoms with E-state index in [4.69, 9.17) is 28.4 Å². The molecular weight excluding hydrogens is 632 g/mol. The molecule has 0 aliphatic heterocycles. The summed E-state index contributed by atoms with van der Waals surface area (Å²) >= 11 is 0. The summed E-state index contributed by atoms with van der Waals surface area (Å²) in [5.74, 6) is -2.17.